The molecular weight excluding hydrogens is 254 g/mol. The van der Waals surface area contributed by atoms with Gasteiger partial charge in [0, 0.05) is 26.1 Å². The summed E-state index contributed by atoms with van der Waals surface area (Å²) in [4.78, 5) is 10.3. The van der Waals surface area contributed by atoms with Crippen LogP contribution in [0.4, 0.5) is 0 Å². The maximum Gasteiger partial charge on any atom is 0.139 e. The number of H-pyrrole nitrogens is 1. The van der Waals surface area contributed by atoms with Crippen molar-refractivity contribution >= 4 is 11.0 Å². The third-order valence-corrected chi connectivity index (χ3v) is 3.79. The second-order valence-electron chi connectivity index (χ2n) is 5.26. The molecule has 0 bridgehead atoms. The summed E-state index contributed by atoms with van der Waals surface area (Å²) in [6.07, 6.45) is 0.993. The van der Waals surface area contributed by atoms with Gasteiger partial charge in [-0.2, -0.15) is 0 Å². The van der Waals surface area contributed by atoms with Crippen molar-refractivity contribution in [1.29, 1.82) is 0 Å². The van der Waals surface area contributed by atoms with Gasteiger partial charge in [0.1, 0.15) is 16.9 Å². The van der Waals surface area contributed by atoms with Gasteiger partial charge in [0.05, 0.1) is 11.4 Å². The number of hydrogen-bond donors (Lipinski definition) is 1. The van der Waals surface area contributed by atoms with Crippen LogP contribution in [0.2, 0.25) is 0 Å². The van der Waals surface area contributed by atoms with Crippen LogP contribution in [0.3, 0.4) is 0 Å². The van der Waals surface area contributed by atoms with E-state index in [4.69, 9.17) is 4.63 Å². The van der Waals surface area contributed by atoms with Crippen LogP contribution in [0, 0.1) is 6.92 Å². The van der Waals surface area contributed by atoms with E-state index in [0.717, 1.165) is 48.5 Å². The van der Waals surface area contributed by atoms with Crippen LogP contribution in [-0.2, 0) is 19.5 Å². The van der Waals surface area contributed by atoms with Crippen molar-refractivity contribution in [3.05, 3.63) is 41.0 Å². The Hall–Kier alpha value is -2.21. The van der Waals surface area contributed by atoms with E-state index in [0.29, 0.717) is 0 Å². The predicted molar refractivity (Wildman–Crippen MR) is 72.9 cm³/mol. The summed E-state index contributed by atoms with van der Waals surface area (Å²) in [7, 11) is 0. The molecule has 3 heterocycles. The van der Waals surface area contributed by atoms with Gasteiger partial charge in [0.15, 0.2) is 0 Å². The largest absolute Gasteiger partial charge is 0.345 e. The maximum atomic E-state index is 4.82. The molecule has 4 rings (SSSR count). The molecule has 0 aliphatic carbocycles. The van der Waals surface area contributed by atoms with E-state index < -0.39 is 0 Å². The Bertz CT molecular complexity index is 760. The normalized spacial score (nSPS) is 15.7. The average molecular weight is 269 g/mol. The molecule has 0 saturated heterocycles. The molecular formula is C14H15N5O. The van der Waals surface area contributed by atoms with Crippen LogP contribution in [0.15, 0.2) is 22.8 Å². The first-order valence-electron chi connectivity index (χ1n) is 6.76. The van der Waals surface area contributed by atoms with Crippen LogP contribution < -0.4 is 0 Å². The first kappa shape index (κ1) is 11.6. The van der Waals surface area contributed by atoms with E-state index in [1.165, 1.54) is 11.4 Å². The smallest absolute Gasteiger partial charge is 0.139 e. The average Bonchev–Trinajstić information content (AvgIpc) is 3.03. The molecule has 6 heteroatoms. The van der Waals surface area contributed by atoms with E-state index in [1.54, 1.807) is 0 Å². The fourth-order valence-electron chi connectivity index (χ4n) is 2.86. The van der Waals surface area contributed by atoms with E-state index >= 15 is 0 Å². The number of benzene rings is 1. The molecule has 1 N–H and O–H groups in total. The van der Waals surface area contributed by atoms with Crippen molar-refractivity contribution in [3.8, 4) is 0 Å². The summed E-state index contributed by atoms with van der Waals surface area (Å²) in [6.45, 7) is 4.77. The zero-order chi connectivity index (χ0) is 13.5. The van der Waals surface area contributed by atoms with Crippen molar-refractivity contribution in [1.82, 2.24) is 25.2 Å². The molecule has 0 atom stereocenters. The second-order valence-corrected chi connectivity index (χ2v) is 5.26. The number of aromatic amines is 1. The summed E-state index contributed by atoms with van der Waals surface area (Å²) in [5.41, 5.74) is 5.28. The number of nitrogens with zero attached hydrogens (tertiary/aromatic N) is 4. The van der Waals surface area contributed by atoms with Crippen molar-refractivity contribution in [2.24, 2.45) is 0 Å². The van der Waals surface area contributed by atoms with Gasteiger partial charge in [-0.05, 0) is 28.9 Å². The molecule has 0 fully saturated rings. The molecule has 0 unspecified atom stereocenters. The summed E-state index contributed by atoms with van der Waals surface area (Å²) in [6, 6.07) is 6.00. The molecule has 0 radical (unpaired) electrons. The van der Waals surface area contributed by atoms with Gasteiger partial charge in [0.25, 0.3) is 0 Å². The molecule has 1 aliphatic rings. The topological polar surface area (TPSA) is 70.8 Å². The van der Waals surface area contributed by atoms with Crippen LogP contribution in [-0.4, -0.2) is 31.7 Å². The Balaban J connectivity index is 1.60. The highest BCUT2D eigenvalue weighted by Crippen LogP contribution is 2.21. The Kier molecular flexibility index (Phi) is 2.56. The molecule has 20 heavy (non-hydrogen) atoms. The summed E-state index contributed by atoms with van der Waals surface area (Å²) < 4.78 is 4.82. The fourth-order valence-corrected chi connectivity index (χ4v) is 2.86. The Morgan fingerprint density at radius 1 is 1.35 bits per heavy atom. The monoisotopic (exact) mass is 269 g/mol. The highest BCUT2D eigenvalue weighted by atomic mass is 16.6. The number of nitrogens with one attached hydrogen (secondary N) is 1. The summed E-state index contributed by atoms with van der Waals surface area (Å²) in [5, 5.41) is 7.89. The molecule has 0 spiro atoms. The first-order valence-corrected chi connectivity index (χ1v) is 6.76. The zero-order valence-corrected chi connectivity index (χ0v) is 11.3. The maximum absolute atomic E-state index is 4.82. The predicted octanol–water partition coefficient (Wildman–Crippen LogP) is 1.81. The molecule has 1 aliphatic heterocycles. The van der Waals surface area contributed by atoms with Crippen LogP contribution >= 0.6 is 0 Å². The van der Waals surface area contributed by atoms with Crippen LogP contribution in [0.5, 0.6) is 0 Å². The van der Waals surface area contributed by atoms with E-state index in [2.05, 4.69) is 31.2 Å². The van der Waals surface area contributed by atoms with E-state index in [-0.39, 0.29) is 0 Å². The number of rotatable bonds is 2. The number of imidazole rings is 1. The van der Waals surface area contributed by atoms with Gasteiger partial charge in [-0.1, -0.05) is 12.1 Å². The highest BCUT2D eigenvalue weighted by molar-refractivity contribution is 5.76. The van der Waals surface area contributed by atoms with E-state index in [9.17, 15) is 0 Å². The van der Waals surface area contributed by atoms with Crippen molar-refractivity contribution in [3.63, 3.8) is 0 Å². The molecule has 0 amide bonds. The first-order chi connectivity index (χ1) is 9.79. The fraction of sp³-hybridized carbons (Fsp3) is 0.357. The molecule has 1 aromatic carbocycles. The van der Waals surface area contributed by atoms with Gasteiger partial charge in [-0.15, -0.1) is 0 Å². The van der Waals surface area contributed by atoms with Crippen LogP contribution in [0.25, 0.3) is 11.0 Å². The number of hydrogen-bond acceptors (Lipinski definition) is 5. The minimum absolute atomic E-state index is 0.817. The molecule has 2 aromatic heterocycles. The lowest BCUT2D eigenvalue weighted by molar-refractivity contribution is 0.242. The minimum atomic E-state index is 0.817. The minimum Gasteiger partial charge on any atom is -0.345 e. The lowest BCUT2D eigenvalue weighted by Crippen LogP contribution is -2.30. The van der Waals surface area contributed by atoms with Crippen molar-refractivity contribution < 1.29 is 4.63 Å². The Morgan fingerprint density at radius 2 is 2.30 bits per heavy atom. The lowest BCUT2D eigenvalue weighted by atomic mass is 10.1. The van der Waals surface area contributed by atoms with Crippen molar-refractivity contribution in [2.45, 2.75) is 26.4 Å². The number of aromatic nitrogens is 4. The molecule has 6 nitrogen and oxygen atoms in total. The number of aryl methyl sites for hydroxylation is 1. The quantitative estimate of drug-likeness (QED) is 0.768. The summed E-state index contributed by atoms with van der Waals surface area (Å²) >= 11 is 0. The highest BCUT2D eigenvalue weighted by Gasteiger charge is 2.20. The van der Waals surface area contributed by atoms with Gasteiger partial charge >= 0.3 is 0 Å². The van der Waals surface area contributed by atoms with Gasteiger partial charge in [-0.25, -0.2) is 9.61 Å². The number of fused-ring (bicyclic) bond motifs is 2. The van der Waals surface area contributed by atoms with Crippen molar-refractivity contribution in [2.75, 3.05) is 6.54 Å². The third kappa shape index (κ3) is 1.89. The molecule has 3 aromatic rings. The Morgan fingerprint density at radius 3 is 3.25 bits per heavy atom. The molecule has 102 valence electrons. The second kappa shape index (κ2) is 4.42. The van der Waals surface area contributed by atoms with Gasteiger partial charge < -0.3 is 4.98 Å². The molecule has 0 saturated carbocycles. The third-order valence-electron chi connectivity index (χ3n) is 3.79. The van der Waals surface area contributed by atoms with Gasteiger partial charge in [0.2, 0.25) is 0 Å². The zero-order valence-electron chi connectivity index (χ0n) is 11.3. The SMILES string of the molecule is Cc1nc2c([nH]1)CN(Cc1cccc3nonc13)CC2. The van der Waals surface area contributed by atoms with Crippen LogP contribution in [0.1, 0.15) is 22.8 Å². The Labute approximate surface area is 115 Å². The lowest BCUT2D eigenvalue weighted by Gasteiger charge is -2.25. The summed E-state index contributed by atoms with van der Waals surface area (Å²) in [5.74, 6) is 1.000. The van der Waals surface area contributed by atoms with E-state index in [1.807, 2.05) is 19.1 Å². The standard InChI is InChI=1S/C14H15N5O/c1-9-15-11-5-6-19(8-13(11)16-9)7-10-3-2-4-12-14(10)18-20-17-12/h2-4H,5-8H2,1H3,(H,15,16). The van der Waals surface area contributed by atoms with Gasteiger partial charge in [-0.3, -0.25) is 4.90 Å².